The van der Waals surface area contributed by atoms with Crippen molar-refractivity contribution in [2.24, 2.45) is 0 Å². The van der Waals surface area contributed by atoms with Gasteiger partial charge in [0.05, 0.1) is 12.2 Å². The number of likely N-dealkylation sites (N-methyl/N-ethyl adjacent to an activating group) is 1. The highest BCUT2D eigenvalue weighted by atomic mass is 32.2. The Morgan fingerprint density at radius 3 is 2.46 bits per heavy atom. The summed E-state index contributed by atoms with van der Waals surface area (Å²) in [5, 5.41) is 17.8. The molecule has 46 heavy (non-hydrogen) atoms. The highest BCUT2D eigenvalue weighted by molar-refractivity contribution is 7.97. The van der Waals surface area contributed by atoms with Gasteiger partial charge in [-0.2, -0.15) is 0 Å². The van der Waals surface area contributed by atoms with Crippen molar-refractivity contribution in [2.45, 2.75) is 71.2 Å². The van der Waals surface area contributed by atoms with Crippen LogP contribution < -0.4 is 20.7 Å². The van der Waals surface area contributed by atoms with E-state index in [1.807, 2.05) is 45.9 Å². The van der Waals surface area contributed by atoms with Gasteiger partial charge in [-0.05, 0) is 107 Å². The standard InChI is InChI=1S/C36H50N6O3S/c1-6-41-14-16-42(17-15-41)46-30-12-13-35(45-7-2)31(21-30)28-19-32(33(22-37)34(20-28)40-29-10-8-9-11-29)36(44)38-23-26(4)25(3)18-27(5)39-24-43/h12-13,18-22,24,29,37,40H,6-11,14-17,23H2,1-5H3,(H,38,44)(H,39,43)/b26-25+,27-18-,37-22?. The zero-order valence-electron chi connectivity index (χ0n) is 28.0. The van der Waals surface area contributed by atoms with Crippen LogP contribution >= 0.6 is 11.9 Å². The van der Waals surface area contributed by atoms with Crippen LogP contribution in [0, 0.1) is 5.41 Å². The molecule has 0 atom stereocenters. The van der Waals surface area contributed by atoms with Gasteiger partial charge in [0.25, 0.3) is 5.91 Å². The third-order valence-electron chi connectivity index (χ3n) is 8.77. The van der Waals surface area contributed by atoms with Gasteiger partial charge in [-0.1, -0.05) is 25.3 Å². The predicted molar refractivity (Wildman–Crippen MR) is 190 cm³/mol. The van der Waals surface area contributed by atoms with Crippen LogP contribution in [0.1, 0.15) is 76.2 Å². The number of anilines is 1. The fourth-order valence-corrected chi connectivity index (χ4v) is 6.89. The molecule has 1 aliphatic heterocycles. The molecule has 0 radical (unpaired) electrons. The largest absolute Gasteiger partial charge is 0.493 e. The molecule has 248 valence electrons. The second-order valence-electron chi connectivity index (χ2n) is 12.0. The van der Waals surface area contributed by atoms with Gasteiger partial charge in [-0.15, -0.1) is 0 Å². The highest BCUT2D eigenvalue weighted by Gasteiger charge is 2.23. The Labute approximate surface area is 278 Å². The molecule has 1 saturated carbocycles. The molecule has 1 aliphatic carbocycles. The number of nitrogens with one attached hydrogen (secondary N) is 4. The number of amides is 2. The molecule has 2 fully saturated rings. The molecule has 1 saturated heterocycles. The van der Waals surface area contributed by atoms with Gasteiger partial charge >= 0.3 is 0 Å². The summed E-state index contributed by atoms with van der Waals surface area (Å²) in [4.78, 5) is 28.2. The summed E-state index contributed by atoms with van der Waals surface area (Å²) in [6, 6.07) is 10.6. The van der Waals surface area contributed by atoms with E-state index in [1.54, 1.807) is 11.9 Å². The Balaban J connectivity index is 1.70. The third kappa shape index (κ3) is 9.47. The zero-order valence-corrected chi connectivity index (χ0v) is 28.8. The van der Waals surface area contributed by atoms with Gasteiger partial charge < -0.3 is 31.0 Å². The molecule has 4 rings (SSSR count). The number of benzene rings is 2. The maximum atomic E-state index is 13.9. The van der Waals surface area contributed by atoms with Crippen LogP contribution in [0.4, 0.5) is 5.69 Å². The molecule has 2 aliphatic rings. The summed E-state index contributed by atoms with van der Waals surface area (Å²) >= 11 is 1.77. The fraction of sp³-hybridized carbons (Fsp3) is 0.472. The lowest BCUT2D eigenvalue weighted by Gasteiger charge is -2.33. The number of piperazine rings is 1. The molecule has 0 aromatic heterocycles. The molecule has 0 bridgehead atoms. The van der Waals surface area contributed by atoms with Crippen LogP contribution in [0.3, 0.4) is 0 Å². The van der Waals surface area contributed by atoms with Gasteiger partial charge in [0.15, 0.2) is 0 Å². The number of allylic oxidation sites excluding steroid dienone is 3. The van der Waals surface area contributed by atoms with E-state index in [1.165, 1.54) is 19.1 Å². The topological polar surface area (TPSA) is 110 Å². The number of nitrogens with zero attached hydrogens (tertiary/aromatic N) is 2. The van der Waals surface area contributed by atoms with Crippen molar-refractivity contribution < 1.29 is 14.3 Å². The van der Waals surface area contributed by atoms with Crippen LogP contribution in [0.5, 0.6) is 5.75 Å². The minimum absolute atomic E-state index is 0.244. The molecule has 0 unspecified atom stereocenters. The molecule has 2 aromatic rings. The quantitative estimate of drug-likeness (QED) is 0.0761. The minimum Gasteiger partial charge on any atom is -0.493 e. The molecular formula is C36H50N6O3S. The first kappa shape index (κ1) is 35.3. The Kier molecular flexibility index (Phi) is 13.3. The van der Waals surface area contributed by atoms with Crippen LogP contribution in [-0.2, 0) is 4.79 Å². The SMILES string of the molecule is CCOc1ccc(SN2CCN(CC)CC2)cc1-c1cc(NC2CCCC2)c(C=N)c(C(=O)NC/C(C)=C(C)/C=C(/C)NC=O)c1. The molecule has 2 amide bonds. The molecule has 4 N–H and O–H groups in total. The van der Waals surface area contributed by atoms with E-state index in [0.717, 1.165) is 89.9 Å². The van der Waals surface area contributed by atoms with Gasteiger partial charge in [0.1, 0.15) is 5.75 Å². The fourth-order valence-electron chi connectivity index (χ4n) is 5.95. The average molecular weight is 647 g/mol. The van der Waals surface area contributed by atoms with Gasteiger partial charge in [-0.3, -0.25) is 9.59 Å². The van der Waals surface area contributed by atoms with E-state index >= 15 is 0 Å². The van der Waals surface area contributed by atoms with Crippen molar-refractivity contribution >= 4 is 36.2 Å². The summed E-state index contributed by atoms with van der Waals surface area (Å²) < 4.78 is 8.53. The predicted octanol–water partition coefficient (Wildman–Crippen LogP) is 6.47. The van der Waals surface area contributed by atoms with Crippen molar-refractivity contribution in [3.8, 4) is 16.9 Å². The lowest BCUT2D eigenvalue weighted by Crippen LogP contribution is -2.43. The lowest BCUT2D eigenvalue weighted by molar-refractivity contribution is -0.108. The van der Waals surface area contributed by atoms with Crippen molar-refractivity contribution in [1.82, 2.24) is 19.8 Å². The van der Waals surface area contributed by atoms with Gasteiger partial charge in [-0.25, -0.2) is 4.31 Å². The van der Waals surface area contributed by atoms with Gasteiger partial charge in [0, 0.05) is 72.4 Å². The van der Waals surface area contributed by atoms with E-state index in [9.17, 15) is 9.59 Å². The summed E-state index contributed by atoms with van der Waals surface area (Å²) in [5.41, 5.74) is 6.29. The van der Waals surface area contributed by atoms with E-state index in [4.69, 9.17) is 10.1 Å². The first-order valence-corrected chi connectivity index (χ1v) is 17.2. The molecular weight excluding hydrogens is 597 g/mol. The molecule has 0 spiro atoms. The number of hydrogen-bond acceptors (Lipinski definition) is 8. The third-order valence-corrected chi connectivity index (χ3v) is 9.85. The highest BCUT2D eigenvalue weighted by Crippen LogP contribution is 2.39. The van der Waals surface area contributed by atoms with Crippen LogP contribution in [0.25, 0.3) is 11.1 Å². The maximum absolute atomic E-state index is 13.9. The Hall–Kier alpha value is -3.60. The van der Waals surface area contributed by atoms with E-state index in [-0.39, 0.29) is 5.91 Å². The van der Waals surface area contributed by atoms with Crippen LogP contribution in [-0.4, -0.2) is 79.7 Å². The Morgan fingerprint density at radius 2 is 1.80 bits per heavy atom. The summed E-state index contributed by atoms with van der Waals surface area (Å²) in [5.74, 6) is 0.523. The molecule has 1 heterocycles. The average Bonchev–Trinajstić information content (AvgIpc) is 3.57. The number of carbonyl (C=O) groups excluding carboxylic acids is 2. The molecule has 10 heteroatoms. The summed E-state index contributed by atoms with van der Waals surface area (Å²) in [6.07, 6.45) is 8.30. The number of carbonyl (C=O) groups is 2. The van der Waals surface area contributed by atoms with Crippen molar-refractivity contribution in [1.29, 1.82) is 5.41 Å². The smallest absolute Gasteiger partial charge is 0.252 e. The van der Waals surface area contributed by atoms with Crippen LogP contribution in [0.15, 0.2) is 58.1 Å². The second-order valence-corrected chi connectivity index (χ2v) is 13.2. The normalized spacial score (nSPS) is 16.9. The van der Waals surface area contributed by atoms with Crippen molar-refractivity contribution in [3.05, 3.63) is 64.4 Å². The van der Waals surface area contributed by atoms with E-state index in [2.05, 4.69) is 50.3 Å². The lowest BCUT2D eigenvalue weighted by atomic mass is 9.95. The minimum atomic E-state index is -0.244. The van der Waals surface area contributed by atoms with Crippen LogP contribution in [0.2, 0.25) is 0 Å². The van der Waals surface area contributed by atoms with Crippen molar-refractivity contribution in [3.63, 3.8) is 0 Å². The van der Waals surface area contributed by atoms with Gasteiger partial charge in [0.2, 0.25) is 6.41 Å². The Morgan fingerprint density at radius 1 is 1.07 bits per heavy atom. The zero-order chi connectivity index (χ0) is 33.1. The molecule has 2 aromatic carbocycles. The number of hydrogen-bond donors (Lipinski definition) is 4. The number of rotatable bonds is 15. The first-order valence-electron chi connectivity index (χ1n) is 16.5. The summed E-state index contributed by atoms with van der Waals surface area (Å²) in [7, 11) is 0. The van der Waals surface area contributed by atoms with Crippen molar-refractivity contribution in [2.75, 3.05) is 51.2 Å². The maximum Gasteiger partial charge on any atom is 0.252 e. The second kappa shape index (κ2) is 17.4. The monoisotopic (exact) mass is 646 g/mol. The molecule has 9 nitrogen and oxygen atoms in total. The first-order chi connectivity index (χ1) is 22.3. The number of ether oxygens (including phenoxy) is 1. The van der Waals surface area contributed by atoms with E-state index < -0.39 is 0 Å². The Bertz CT molecular complexity index is 1440. The van der Waals surface area contributed by atoms with E-state index in [0.29, 0.717) is 36.7 Å². The summed E-state index contributed by atoms with van der Waals surface area (Å²) in [6.45, 7) is 16.0.